The minimum atomic E-state index is -0.525. The van der Waals surface area contributed by atoms with Gasteiger partial charge in [-0.05, 0) is 47.2 Å². The lowest BCUT2D eigenvalue weighted by atomic mass is 9.87. The number of aryl methyl sites for hydroxylation is 1. The number of likely N-dealkylation sites (tertiary alicyclic amines) is 1. The first kappa shape index (κ1) is 27.9. The van der Waals surface area contributed by atoms with Crippen LogP contribution in [0.25, 0.3) is 0 Å². The molecule has 0 radical (unpaired) electrons. The van der Waals surface area contributed by atoms with Crippen LogP contribution in [0.5, 0.6) is 5.75 Å². The lowest BCUT2D eigenvalue weighted by molar-refractivity contribution is -0.0226. The summed E-state index contributed by atoms with van der Waals surface area (Å²) < 4.78 is 18.1. The molecule has 1 aliphatic rings. The molecule has 1 saturated heterocycles. The van der Waals surface area contributed by atoms with Gasteiger partial charge in [-0.25, -0.2) is 0 Å². The van der Waals surface area contributed by atoms with Gasteiger partial charge in [-0.15, -0.1) is 0 Å². The van der Waals surface area contributed by atoms with E-state index in [1.54, 1.807) is 0 Å². The Labute approximate surface area is 231 Å². The zero-order valence-corrected chi connectivity index (χ0v) is 23.0. The van der Waals surface area contributed by atoms with Gasteiger partial charge in [-0.2, -0.15) is 0 Å². The molecular weight excluding hydrogens is 505 g/mol. The van der Waals surface area contributed by atoms with Crippen molar-refractivity contribution in [3.63, 3.8) is 0 Å². The van der Waals surface area contributed by atoms with Crippen molar-refractivity contribution >= 4 is 23.2 Å². The molecule has 6 heteroatoms. The van der Waals surface area contributed by atoms with Gasteiger partial charge in [-0.3, -0.25) is 4.90 Å². The zero-order chi connectivity index (χ0) is 25.9. The first-order valence-electron chi connectivity index (χ1n) is 13.2. The Morgan fingerprint density at radius 2 is 1.54 bits per heavy atom. The van der Waals surface area contributed by atoms with Gasteiger partial charge in [0, 0.05) is 25.4 Å². The van der Waals surface area contributed by atoms with Crippen molar-refractivity contribution in [1.29, 1.82) is 0 Å². The molecule has 0 bridgehead atoms. The smallest absolute Gasteiger partial charge is 0.160 e. The first-order valence-corrected chi connectivity index (χ1v) is 14.1. The lowest BCUT2D eigenvalue weighted by Crippen LogP contribution is -2.45. The minimum absolute atomic E-state index is 0.00753. The molecule has 3 aromatic rings. The molecule has 3 aromatic carbocycles. The topological polar surface area (TPSA) is 30.9 Å². The predicted molar refractivity (Wildman–Crippen MR) is 151 cm³/mol. The van der Waals surface area contributed by atoms with E-state index < -0.39 is 4.96 Å². The van der Waals surface area contributed by atoms with Crippen LogP contribution in [0.1, 0.15) is 47.9 Å². The van der Waals surface area contributed by atoms with Crippen LogP contribution in [-0.2, 0) is 29.1 Å². The Kier molecular flexibility index (Phi) is 11.1. The third-order valence-corrected chi connectivity index (χ3v) is 7.44. The van der Waals surface area contributed by atoms with E-state index in [-0.39, 0.29) is 12.0 Å². The summed E-state index contributed by atoms with van der Waals surface area (Å²) in [6.45, 7) is 6.22. The number of piperidine rings is 1. The first-order chi connectivity index (χ1) is 18.1. The van der Waals surface area contributed by atoms with E-state index in [1.807, 2.05) is 18.2 Å². The quantitative estimate of drug-likeness (QED) is 0.128. The second kappa shape index (κ2) is 14.8. The summed E-state index contributed by atoms with van der Waals surface area (Å²) in [6.07, 6.45) is 2.83. The molecule has 2 atom stereocenters. The minimum Gasteiger partial charge on any atom is -0.494 e. The van der Waals surface area contributed by atoms with E-state index in [0.717, 1.165) is 31.6 Å². The van der Waals surface area contributed by atoms with Crippen molar-refractivity contribution < 1.29 is 14.2 Å². The van der Waals surface area contributed by atoms with E-state index in [2.05, 4.69) is 72.5 Å². The van der Waals surface area contributed by atoms with Gasteiger partial charge in [0.05, 0.1) is 32.5 Å². The molecule has 4 rings (SSSR count). The Morgan fingerprint density at radius 1 is 0.838 bits per heavy atom. The fraction of sp³-hybridized carbons (Fsp3) is 0.419. The molecule has 4 nitrogen and oxygen atoms in total. The van der Waals surface area contributed by atoms with Crippen molar-refractivity contribution in [2.45, 2.75) is 56.4 Å². The molecule has 0 amide bonds. The fourth-order valence-electron chi connectivity index (χ4n) is 4.67. The third-order valence-electron chi connectivity index (χ3n) is 6.88. The maximum absolute atomic E-state index is 6.45. The van der Waals surface area contributed by atoms with Gasteiger partial charge in [0.1, 0.15) is 5.75 Å². The normalized spacial score (nSPS) is 18.3. The number of hydrogen-bond acceptors (Lipinski definition) is 4. The summed E-state index contributed by atoms with van der Waals surface area (Å²) in [4.78, 5) is 1.55. The highest BCUT2D eigenvalue weighted by molar-refractivity contribution is 6.43. The van der Waals surface area contributed by atoms with Gasteiger partial charge in [0.2, 0.25) is 0 Å². The predicted octanol–water partition coefficient (Wildman–Crippen LogP) is 7.37. The van der Waals surface area contributed by atoms with E-state index in [4.69, 9.17) is 37.4 Å². The number of halogens is 2. The molecule has 198 valence electrons. The summed E-state index contributed by atoms with van der Waals surface area (Å²) >= 11 is 12.4. The molecule has 0 aliphatic carbocycles. The maximum Gasteiger partial charge on any atom is 0.160 e. The van der Waals surface area contributed by atoms with Crippen molar-refractivity contribution in [2.24, 2.45) is 0 Å². The third kappa shape index (κ3) is 8.73. The van der Waals surface area contributed by atoms with E-state index in [0.29, 0.717) is 33.0 Å². The van der Waals surface area contributed by atoms with Crippen molar-refractivity contribution in [3.05, 3.63) is 101 Å². The summed E-state index contributed by atoms with van der Waals surface area (Å²) in [6, 6.07) is 27.3. The number of ether oxygens (including phenoxy) is 3. The number of nitrogens with zero attached hydrogens (tertiary/aromatic N) is 1. The molecule has 0 aromatic heterocycles. The van der Waals surface area contributed by atoms with Crippen LogP contribution < -0.4 is 4.74 Å². The highest BCUT2D eigenvalue weighted by atomic mass is 35.5. The second-order valence-electron chi connectivity index (χ2n) is 9.50. The van der Waals surface area contributed by atoms with Crippen LogP contribution in [0.2, 0.25) is 0 Å². The summed E-state index contributed by atoms with van der Waals surface area (Å²) in [5.74, 6) is 1.15. The zero-order valence-electron chi connectivity index (χ0n) is 21.5. The van der Waals surface area contributed by atoms with Crippen molar-refractivity contribution in [2.75, 3.05) is 26.3 Å². The van der Waals surface area contributed by atoms with Gasteiger partial charge in [-0.1, -0.05) is 96.9 Å². The summed E-state index contributed by atoms with van der Waals surface area (Å²) in [5, 5.41) is 0. The van der Waals surface area contributed by atoms with Gasteiger partial charge < -0.3 is 14.2 Å². The van der Waals surface area contributed by atoms with Crippen LogP contribution >= 0.6 is 23.2 Å². The molecule has 1 heterocycles. The second-order valence-corrected chi connectivity index (χ2v) is 10.5. The molecule has 0 N–H and O–H groups in total. The standard InChI is InChI=1S/C31H37Cl2NO3/c1-2-24-9-11-26(12-10-24)23-37-30-21-34(31(32)33)18-17-29(30)27-13-15-28(16-14-27)36-20-6-19-35-22-25-7-4-3-5-8-25/h3-5,7-16,29-31H,2,6,17-23H2,1H3. The van der Waals surface area contributed by atoms with Gasteiger partial charge in [0.15, 0.2) is 4.96 Å². The van der Waals surface area contributed by atoms with Crippen molar-refractivity contribution in [3.8, 4) is 5.75 Å². The number of benzene rings is 3. The average Bonchev–Trinajstić information content (AvgIpc) is 2.95. The molecule has 1 fully saturated rings. The van der Waals surface area contributed by atoms with Crippen molar-refractivity contribution in [1.82, 2.24) is 4.90 Å². The highest BCUT2D eigenvalue weighted by Crippen LogP contribution is 2.33. The molecule has 1 aliphatic heterocycles. The van der Waals surface area contributed by atoms with E-state index in [9.17, 15) is 0 Å². The molecule has 37 heavy (non-hydrogen) atoms. The van der Waals surface area contributed by atoms with E-state index in [1.165, 1.54) is 22.3 Å². The summed E-state index contributed by atoms with van der Waals surface area (Å²) in [5.41, 5.74) is 4.96. The van der Waals surface area contributed by atoms with Gasteiger partial charge in [0.25, 0.3) is 0 Å². The molecular formula is C31H37Cl2NO3. The Bertz CT molecular complexity index is 1040. The van der Waals surface area contributed by atoms with Crippen LogP contribution in [0, 0.1) is 0 Å². The molecule has 0 saturated carbocycles. The van der Waals surface area contributed by atoms with Crippen LogP contribution in [0.4, 0.5) is 0 Å². The van der Waals surface area contributed by atoms with E-state index >= 15 is 0 Å². The van der Waals surface area contributed by atoms with Crippen LogP contribution in [0.3, 0.4) is 0 Å². The number of hydrogen-bond donors (Lipinski definition) is 0. The largest absolute Gasteiger partial charge is 0.494 e. The Morgan fingerprint density at radius 3 is 2.24 bits per heavy atom. The Hall–Kier alpha value is -2.08. The van der Waals surface area contributed by atoms with Gasteiger partial charge >= 0.3 is 0 Å². The van der Waals surface area contributed by atoms with Crippen LogP contribution in [-0.4, -0.2) is 42.3 Å². The Balaban J connectivity index is 1.27. The fourth-order valence-corrected chi connectivity index (χ4v) is 5.02. The number of rotatable bonds is 13. The lowest BCUT2D eigenvalue weighted by Gasteiger charge is -2.39. The monoisotopic (exact) mass is 541 g/mol. The average molecular weight is 543 g/mol. The summed E-state index contributed by atoms with van der Waals surface area (Å²) in [7, 11) is 0. The molecule has 0 spiro atoms. The SMILES string of the molecule is CCc1ccc(COC2CN(C(Cl)Cl)CCC2c2ccc(OCCCOCc3ccccc3)cc2)cc1. The molecule has 2 unspecified atom stereocenters. The highest BCUT2D eigenvalue weighted by Gasteiger charge is 2.33. The maximum atomic E-state index is 6.45. The number of alkyl halides is 2. The van der Waals surface area contributed by atoms with Crippen LogP contribution in [0.15, 0.2) is 78.9 Å².